The summed E-state index contributed by atoms with van der Waals surface area (Å²) in [7, 11) is 3.40. The summed E-state index contributed by atoms with van der Waals surface area (Å²) in [5.41, 5.74) is -0.635. The largest absolute Gasteiger partial charge is 0.512 e. The number of carbonyl (C=O) groups is 2. The summed E-state index contributed by atoms with van der Waals surface area (Å²) in [6.07, 6.45) is 4.22. The van der Waals surface area contributed by atoms with Crippen molar-refractivity contribution in [3.8, 4) is 0 Å². The van der Waals surface area contributed by atoms with Crippen LogP contribution in [0.2, 0.25) is 0 Å². The molecule has 1 aromatic heterocycles. The fraction of sp³-hybridized carbons (Fsp3) is 0.579. The summed E-state index contributed by atoms with van der Waals surface area (Å²) in [6, 6.07) is 1.48. The summed E-state index contributed by atoms with van der Waals surface area (Å²) in [5, 5.41) is 29.9. The molecular formula is C19H27N3O7S2. The summed E-state index contributed by atoms with van der Waals surface area (Å²) >= 11 is 0. The lowest BCUT2D eigenvalue weighted by Gasteiger charge is -2.13. The molecule has 1 saturated heterocycles. The highest BCUT2D eigenvalue weighted by Crippen LogP contribution is 2.30. The van der Waals surface area contributed by atoms with E-state index in [1.54, 1.807) is 21.6 Å². The van der Waals surface area contributed by atoms with E-state index in [9.17, 15) is 19.5 Å². The molecule has 2 atom stereocenters. The number of carbonyl (C=O) groups excluding carboxylic acids is 1. The van der Waals surface area contributed by atoms with E-state index in [1.165, 1.54) is 16.8 Å². The highest BCUT2D eigenvalue weighted by Gasteiger charge is 2.31. The Morgan fingerprint density at radius 1 is 1.23 bits per heavy atom. The van der Waals surface area contributed by atoms with Gasteiger partial charge < -0.3 is 25.4 Å². The van der Waals surface area contributed by atoms with Crippen molar-refractivity contribution in [3.05, 3.63) is 34.8 Å². The van der Waals surface area contributed by atoms with Crippen molar-refractivity contribution < 1.29 is 29.6 Å². The Morgan fingerprint density at radius 2 is 1.97 bits per heavy atom. The number of hydrogen-bond donors (Lipinski definition) is 4. The molecule has 0 aromatic carbocycles. The molecule has 1 aliphatic heterocycles. The molecule has 0 aliphatic carbocycles. The second-order valence-electron chi connectivity index (χ2n) is 6.86. The van der Waals surface area contributed by atoms with Gasteiger partial charge in [-0.1, -0.05) is 28.0 Å². The number of anilines is 1. The molecule has 12 heteroatoms. The second-order valence-corrected chi connectivity index (χ2v) is 9.56. The molecule has 1 unspecified atom stereocenters. The third kappa shape index (κ3) is 8.83. The van der Waals surface area contributed by atoms with Gasteiger partial charge in [0.1, 0.15) is 18.2 Å². The minimum atomic E-state index is -0.991. The van der Waals surface area contributed by atoms with Crippen molar-refractivity contribution >= 4 is 39.3 Å². The highest BCUT2D eigenvalue weighted by molar-refractivity contribution is 8.76. The van der Waals surface area contributed by atoms with Gasteiger partial charge in [0.05, 0.1) is 0 Å². The maximum absolute atomic E-state index is 12.2. The first kappa shape index (κ1) is 25.1. The van der Waals surface area contributed by atoms with Gasteiger partial charge in [-0.3, -0.25) is 14.2 Å². The van der Waals surface area contributed by atoms with Gasteiger partial charge in [0.25, 0.3) is 0 Å². The molecule has 0 bridgehead atoms. The van der Waals surface area contributed by atoms with Crippen LogP contribution in [0.5, 0.6) is 0 Å². The molecule has 2 heterocycles. The number of aliphatic hydroxyl groups is 2. The van der Waals surface area contributed by atoms with E-state index in [4.69, 9.17) is 14.9 Å². The Kier molecular flexibility index (Phi) is 10.7. The Labute approximate surface area is 187 Å². The lowest BCUT2D eigenvalue weighted by atomic mass is 10.2. The van der Waals surface area contributed by atoms with Gasteiger partial charge in [-0.05, 0) is 25.3 Å². The number of amides is 1. The molecule has 0 radical (unpaired) electrons. The Hall–Kier alpha value is -2.18. The quantitative estimate of drug-likeness (QED) is 0.191. The lowest BCUT2D eigenvalue weighted by molar-refractivity contribution is -0.137. The van der Waals surface area contributed by atoms with Crippen molar-refractivity contribution in [2.75, 3.05) is 16.8 Å². The molecule has 1 fully saturated rings. The zero-order valence-corrected chi connectivity index (χ0v) is 18.6. The van der Waals surface area contributed by atoms with Crippen LogP contribution in [0.1, 0.15) is 51.2 Å². The average molecular weight is 474 g/mol. The van der Waals surface area contributed by atoms with Crippen LogP contribution in [0.3, 0.4) is 0 Å². The van der Waals surface area contributed by atoms with Gasteiger partial charge >= 0.3 is 11.7 Å². The van der Waals surface area contributed by atoms with E-state index in [1.807, 2.05) is 0 Å². The van der Waals surface area contributed by atoms with Gasteiger partial charge in [-0.2, -0.15) is 4.98 Å². The maximum atomic E-state index is 12.2. The lowest BCUT2D eigenvalue weighted by Crippen LogP contribution is -2.28. The summed E-state index contributed by atoms with van der Waals surface area (Å²) in [5.74, 6) is 0.906. The first-order chi connectivity index (χ1) is 14.9. The number of ether oxygens (including phenoxy) is 1. The average Bonchev–Trinajstić information content (AvgIpc) is 3.09. The smallest absolute Gasteiger partial charge is 0.352 e. The van der Waals surface area contributed by atoms with E-state index in [0.717, 1.165) is 24.3 Å². The molecule has 0 spiro atoms. The first-order valence-corrected chi connectivity index (χ1v) is 12.4. The highest BCUT2D eigenvalue weighted by atomic mass is 33.1. The molecule has 1 aromatic rings. The van der Waals surface area contributed by atoms with Crippen LogP contribution >= 0.6 is 21.6 Å². The Bertz CT molecular complexity index is 831. The number of aliphatic hydroxyl groups excluding tert-OH is 2. The number of rotatable bonds is 13. The second kappa shape index (κ2) is 13.3. The van der Waals surface area contributed by atoms with Gasteiger partial charge in [0, 0.05) is 37.0 Å². The number of aromatic nitrogens is 2. The minimum Gasteiger partial charge on any atom is -0.512 e. The monoisotopic (exact) mass is 473 g/mol. The standard InChI is InChI=1S/C19H27N3O7S2/c23-12-14-13(24)11-17(29-14)22-8-7-15(21-19(22)28)20-16(25)5-4-10-31-30-9-3-1-2-6-18(26)27/h7-8,12-13,17,23-24H,1-6,9-11H2,(H,26,27)(H,20,21,25,28)/b14-12-/t13?,17-/m1/s1. The summed E-state index contributed by atoms with van der Waals surface area (Å²) < 4.78 is 6.49. The van der Waals surface area contributed by atoms with Crippen molar-refractivity contribution in [2.24, 2.45) is 0 Å². The van der Waals surface area contributed by atoms with Crippen LogP contribution < -0.4 is 11.0 Å². The number of unbranched alkanes of at least 4 members (excludes halogenated alkanes) is 2. The molecule has 31 heavy (non-hydrogen) atoms. The fourth-order valence-electron chi connectivity index (χ4n) is 2.81. The van der Waals surface area contributed by atoms with E-state index in [-0.39, 0.29) is 30.3 Å². The number of nitrogens with one attached hydrogen (secondary N) is 1. The third-order valence-electron chi connectivity index (χ3n) is 4.39. The molecule has 10 nitrogen and oxygen atoms in total. The van der Waals surface area contributed by atoms with Crippen molar-refractivity contribution in [3.63, 3.8) is 0 Å². The summed E-state index contributed by atoms with van der Waals surface area (Å²) in [6.45, 7) is 0. The Morgan fingerprint density at radius 3 is 2.61 bits per heavy atom. The minimum absolute atomic E-state index is 0.0106. The van der Waals surface area contributed by atoms with E-state index >= 15 is 0 Å². The maximum Gasteiger partial charge on any atom is 0.352 e. The zero-order valence-electron chi connectivity index (χ0n) is 16.9. The molecule has 1 amide bonds. The topological polar surface area (TPSA) is 151 Å². The van der Waals surface area contributed by atoms with Gasteiger partial charge in [0.2, 0.25) is 5.91 Å². The van der Waals surface area contributed by atoms with Crippen molar-refractivity contribution in [1.82, 2.24) is 9.55 Å². The van der Waals surface area contributed by atoms with Crippen molar-refractivity contribution in [1.29, 1.82) is 0 Å². The SMILES string of the molecule is O=C(O)CCCCCSSCCCC(=O)Nc1ccn([C@H]2CC(O)/C(=C/O)O2)c(=O)n1. The van der Waals surface area contributed by atoms with Crippen molar-refractivity contribution in [2.45, 2.75) is 57.3 Å². The van der Waals surface area contributed by atoms with Crippen LogP contribution in [0.4, 0.5) is 5.82 Å². The number of nitrogens with zero attached hydrogens (tertiary/aromatic N) is 2. The van der Waals surface area contributed by atoms with Gasteiger partial charge in [-0.25, -0.2) is 4.79 Å². The van der Waals surface area contributed by atoms with E-state index in [2.05, 4.69) is 10.3 Å². The van der Waals surface area contributed by atoms with E-state index in [0.29, 0.717) is 25.5 Å². The molecule has 4 N–H and O–H groups in total. The molecule has 1 aliphatic rings. The number of carboxylic acids is 1. The number of aliphatic carboxylic acids is 1. The third-order valence-corrected chi connectivity index (χ3v) is 6.97. The van der Waals surface area contributed by atoms with Crippen LogP contribution in [0, 0.1) is 0 Å². The summed E-state index contributed by atoms with van der Waals surface area (Å²) in [4.78, 5) is 38.5. The van der Waals surface area contributed by atoms with Gasteiger partial charge in [0.15, 0.2) is 12.0 Å². The van der Waals surface area contributed by atoms with Crippen LogP contribution in [-0.4, -0.2) is 54.4 Å². The molecule has 0 saturated carbocycles. The predicted molar refractivity (Wildman–Crippen MR) is 119 cm³/mol. The molecule has 172 valence electrons. The fourth-order valence-corrected chi connectivity index (χ4v) is 5.04. The number of hydrogen-bond acceptors (Lipinski definition) is 9. The molecular weight excluding hydrogens is 446 g/mol. The van der Waals surface area contributed by atoms with E-state index < -0.39 is 24.0 Å². The molecule has 2 rings (SSSR count). The number of carboxylic acid groups (broad SMARTS) is 1. The Balaban J connectivity index is 1.63. The normalized spacial score (nSPS) is 19.3. The zero-order chi connectivity index (χ0) is 22.6. The van der Waals surface area contributed by atoms with Crippen LogP contribution in [-0.2, 0) is 14.3 Å². The van der Waals surface area contributed by atoms with Crippen LogP contribution in [0.15, 0.2) is 29.1 Å². The predicted octanol–water partition coefficient (Wildman–Crippen LogP) is 2.67. The first-order valence-electron chi connectivity index (χ1n) is 9.95. The van der Waals surface area contributed by atoms with Crippen LogP contribution in [0.25, 0.3) is 0 Å². The van der Waals surface area contributed by atoms with Gasteiger partial charge in [-0.15, -0.1) is 0 Å².